The van der Waals surface area contributed by atoms with Crippen molar-refractivity contribution in [3.8, 4) is 5.75 Å². The van der Waals surface area contributed by atoms with E-state index >= 15 is 0 Å². The zero-order valence-electron chi connectivity index (χ0n) is 18.5. The molecular formula is C25H20Cl3N3O4. The fourth-order valence-electron chi connectivity index (χ4n) is 3.54. The van der Waals surface area contributed by atoms with Crippen LogP contribution in [0.3, 0.4) is 0 Å². The highest BCUT2D eigenvalue weighted by Gasteiger charge is 2.29. The van der Waals surface area contributed by atoms with Gasteiger partial charge < -0.3 is 20.1 Å². The Morgan fingerprint density at radius 2 is 1.71 bits per heavy atom. The molecule has 10 heteroatoms. The number of benzene rings is 3. The van der Waals surface area contributed by atoms with E-state index < -0.39 is 18.0 Å². The molecule has 1 heterocycles. The van der Waals surface area contributed by atoms with Crippen LogP contribution < -0.4 is 15.4 Å². The monoisotopic (exact) mass is 531 g/mol. The molecule has 0 aromatic heterocycles. The molecule has 3 aromatic carbocycles. The number of anilines is 1. The number of fused-ring (bicyclic) bond motifs is 1. The van der Waals surface area contributed by atoms with Crippen molar-refractivity contribution in [2.75, 3.05) is 25.6 Å². The first-order valence-electron chi connectivity index (χ1n) is 10.5. The van der Waals surface area contributed by atoms with E-state index in [1.54, 1.807) is 55.6 Å². The number of carbonyl (C=O) groups excluding carboxylic acids is 2. The van der Waals surface area contributed by atoms with E-state index in [4.69, 9.17) is 44.3 Å². The van der Waals surface area contributed by atoms with Gasteiger partial charge in [-0.05, 0) is 30.3 Å². The van der Waals surface area contributed by atoms with Crippen LogP contribution in [0, 0.1) is 0 Å². The highest BCUT2D eigenvalue weighted by molar-refractivity contribution is 6.44. The van der Waals surface area contributed by atoms with Crippen LogP contribution in [0.1, 0.15) is 21.5 Å². The normalized spacial score (nSPS) is 14.9. The van der Waals surface area contributed by atoms with E-state index in [2.05, 4.69) is 15.6 Å². The third kappa shape index (κ3) is 5.60. The van der Waals surface area contributed by atoms with E-state index in [1.807, 2.05) is 0 Å². The van der Waals surface area contributed by atoms with Crippen LogP contribution in [-0.2, 0) is 9.53 Å². The average molecular weight is 533 g/mol. The Labute approximate surface area is 217 Å². The number of nitrogens with zero attached hydrogens (tertiary/aromatic N) is 1. The molecule has 7 nitrogen and oxygen atoms in total. The van der Waals surface area contributed by atoms with Gasteiger partial charge in [-0.15, -0.1) is 0 Å². The zero-order chi connectivity index (χ0) is 24.9. The summed E-state index contributed by atoms with van der Waals surface area (Å²) in [5.74, 6) is -0.715. The first-order chi connectivity index (χ1) is 16.9. The Balaban J connectivity index is 1.73. The molecule has 2 amide bonds. The first kappa shape index (κ1) is 25.0. The largest absolute Gasteiger partial charge is 0.490 e. The predicted molar refractivity (Wildman–Crippen MR) is 137 cm³/mol. The quantitative estimate of drug-likeness (QED) is 0.409. The van der Waals surface area contributed by atoms with Crippen molar-refractivity contribution >= 4 is 58.0 Å². The van der Waals surface area contributed by atoms with Crippen molar-refractivity contribution in [2.45, 2.75) is 6.17 Å². The van der Waals surface area contributed by atoms with Crippen LogP contribution in [0.5, 0.6) is 5.75 Å². The lowest BCUT2D eigenvalue weighted by Crippen LogP contribution is -2.42. The molecule has 1 atom stereocenters. The maximum atomic E-state index is 13.2. The molecular weight excluding hydrogens is 513 g/mol. The molecule has 0 saturated carbocycles. The predicted octanol–water partition coefficient (Wildman–Crippen LogP) is 5.22. The summed E-state index contributed by atoms with van der Waals surface area (Å²) in [4.78, 5) is 30.8. The van der Waals surface area contributed by atoms with Crippen molar-refractivity contribution in [3.63, 3.8) is 0 Å². The third-order valence-electron chi connectivity index (χ3n) is 5.13. The van der Waals surface area contributed by atoms with Gasteiger partial charge in [0.05, 0.1) is 33.6 Å². The van der Waals surface area contributed by atoms with E-state index in [0.29, 0.717) is 39.9 Å². The lowest BCUT2D eigenvalue weighted by atomic mass is 10.0. The summed E-state index contributed by atoms with van der Waals surface area (Å²) >= 11 is 19.1. The van der Waals surface area contributed by atoms with Crippen LogP contribution in [0.15, 0.2) is 65.7 Å². The van der Waals surface area contributed by atoms with Gasteiger partial charge in [-0.1, -0.05) is 65.1 Å². The van der Waals surface area contributed by atoms with E-state index in [9.17, 15) is 9.59 Å². The molecule has 4 rings (SSSR count). The molecule has 3 aromatic rings. The standard InChI is InChI=1S/C25H20Cl3N3O4/c1-34-10-11-35-20-9-5-3-7-16(20)24(32)31-23-25(33)29-19-8-4-2-6-15(19)22(30-23)21-17(27)12-14(26)13-18(21)28/h2-9,12-13,23H,10-11H2,1H3,(H,29,33)(H,31,32). The van der Waals surface area contributed by atoms with Crippen LogP contribution in [0.2, 0.25) is 15.1 Å². The molecule has 1 aliphatic rings. The minimum absolute atomic E-state index is 0.248. The van der Waals surface area contributed by atoms with E-state index in [0.717, 1.165) is 0 Å². The van der Waals surface area contributed by atoms with Gasteiger partial charge in [-0.25, -0.2) is 4.99 Å². The van der Waals surface area contributed by atoms with Gasteiger partial charge in [0.25, 0.3) is 11.8 Å². The van der Waals surface area contributed by atoms with Crippen molar-refractivity contribution < 1.29 is 19.1 Å². The summed E-state index contributed by atoms with van der Waals surface area (Å²) in [5.41, 5.74) is 2.06. The minimum atomic E-state index is -1.28. The molecule has 0 radical (unpaired) electrons. The fraction of sp³-hybridized carbons (Fsp3) is 0.160. The Kier molecular flexibility index (Phi) is 7.93. The van der Waals surface area contributed by atoms with Crippen molar-refractivity contribution in [2.24, 2.45) is 4.99 Å². The number of amides is 2. The molecule has 1 unspecified atom stereocenters. The highest BCUT2D eigenvalue weighted by Crippen LogP contribution is 2.34. The number of rotatable bonds is 7. The Morgan fingerprint density at radius 1 is 1.03 bits per heavy atom. The van der Waals surface area contributed by atoms with Crippen LogP contribution in [-0.4, -0.2) is 44.0 Å². The van der Waals surface area contributed by atoms with Gasteiger partial charge in [0, 0.05) is 23.3 Å². The molecule has 2 N–H and O–H groups in total. The summed E-state index contributed by atoms with van der Waals surface area (Å²) in [6.07, 6.45) is -1.28. The number of para-hydroxylation sites is 2. The summed E-state index contributed by atoms with van der Waals surface area (Å²) in [6.45, 7) is 0.616. The van der Waals surface area contributed by atoms with Gasteiger partial charge in [-0.2, -0.15) is 0 Å². The Morgan fingerprint density at radius 3 is 2.46 bits per heavy atom. The number of halogens is 3. The molecule has 0 bridgehead atoms. The SMILES string of the molecule is COCCOc1ccccc1C(=O)NC1N=C(c2c(Cl)cc(Cl)cc2Cl)c2ccccc2NC1=O. The summed E-state index contributed by atoms with van der Waals surface area (Å²) in [7, 11) is 1.56. The lowest BCUT2D eigenvalue weighted by Gasteiger charge is -2.16. The molecule has 0 aliphatic carbocycles. The van der Waals surface area contributed by atoms with Gasteiger partial charge >= 0.3 is 0 Å². The summed E-state index contributed by atoms with van der Waals surface area (Å²) in [6, 6.07) is 16.8. The topological polar surface area (TPSA) is 89.0 Å². The van der Waals surface area contributed by atoms with Crippen LogP contribution in [0.25, 0.3) is 0 Å². The number of benzodiazepines with no additional fused rings is 1. The maximum absolute atomic E-state index is 13.2. The molecule has 0 saturated heterocycles. The van der Waals surface area contributed by atoms with E-state index in [1.165, 1.54) is 12.1 Å². The number of hydrogen-bond donors (Lipinski definition) is 2. The highest BCUT2D eigenvalue weighted by atomic mass is 35.5. The molecule has 180 valence electrons. The second-order valence-corrected chi connectivity index (χ2v) is 8.72. The van der Waals surface area contributed by atoms with Crippen LogP contribution >= 0.6 is 34.8 Å². The number of hydrogen-bond acceptors (Lipinski definition) is 5. The minimum Gasteiger partial charge on any atom is -0.490 e. The van der Waals surface area contributed by atoms with Gasteiger partial charge in [0.15, 0.2) is 0 Å². The molecule has 1 aliphatic heterocycles. The zero-order valence-corrected chi connectivity index (χ0v) is 20.7. The smallest absolute Gasteiger partial charge is 0.269 e. The van der Waals surface area contributed by atoms with Crippen molar-refractivity contribution in [1.29, 1.82) is 0 Å². The Bertz CT molecular complexity index is 1290. The van der Waals surface area contributed by atoms with E-state index in [-0.39, 0.29) is 22.2 Å². The Hall–Kier alpha value is -3.10. The first-order valence-corrected chi connectivity index (χ1v) is 11.7. The van der Waals surface area contributed by atoms with Gasteiger partial charge in [0.1, 0.15) is 12.4 Å². The number of methoxy groups -OCH3 is 1. The fourth-order valence-corrected chi connectivity index (χ4v) is 4.54. The number of nitrogens with one attached hydrogen (secondary N) is 2. The molecule has 35 heavy (non-hydrogen) atoms. The second-order valence-electron chi connectivity index (χ2n) is 7.47. The lowest BCUT2D eigenvalue weighted by molar-refractivity contribution is -0.117. The van der Waals surface area contributed by atoms with Crippen LogP contribution in [0.4, 0.5) is 5.69 Å². The van der Waals surface area contributed by atoms with Gasteiger partial charge in [0.2, 0.25) is 6.17 Å². The summed E-state index contributed by atoms with van der Waals surface area (Å²) in [5, 5.41) is 6.36. The van der Waals surface area contributed by atoms with Gasteiger partial charge in [-0.3, -0.25) is 9.59 Å². The summed E-state index contributed by atoms with van der Waals surface area (Å²) < 4.78 is 10.7. The number of aliphatic imine (C=N–C) groups is 1. The maximum Gasteiger partial charge on any atom is 0.269 e. The third-order valence-corrected chi connectivity index (χ3v) is 5.95. The molecule has 0 spiro atoms. The second kappa shape index (κ2) is 11.1. The number of ether oxygens (including phenoxy) is 2. The van der Waals surface area contributed by atoms with Crippen molar-refractivity contribution in [3.05, 3.63) is 92.4 Å². The molecule has 0 fully saturated rings. The number of carbonyl (C=O) groups is 2. The van der Waals surface area contributed by atoms with Crippen molar-refractivity contribution in [1.82, 2.24) is 5.32 Å². The average Bonchev–Trinajstić information content (AvgIpc) is 2.95.